The van der Waals surface area contributed by atoms with Crippen LogP contribution in [0.2, 0.25) is 0 Å². The Bertz CT molecular complexity index is 1090. The van der Waals surface area contributed by atoms with Crippen molar-refractivity contribution in [3.63, 3.8) is 0 Å². The highest BCUT2D eigenvalue weighted by Crippen LogP contribution is 2.30. The second kappa shape index (κ2) is 11.1. The van der Waals surface area contributed by atoms with Crippen LogP contribution in [0.3, 0.4) is 0 Å². The lowest BCUT2D eigenvalue weighted by Crippen LogP contribution is -2.47. The standard InChI is InChI=1S/C22H20F6N4O3S/c23-21(24,25)15-5-7-16(8-6-15)29-20(35)32-9-10-36-17(12-32)11-13-1-3-14(4-2-13)18(33)30-31-19(34)22(26,27)28/h1-8,17H,9-12H2,(H,29,35)(H,30,33)(H,31,34). The first-order valence-electron chi connectivity index (χ1n) is 10.4. The van der Waals surface area contributed by atoms with Gasteiger partial charge in [-0.1, -0.05) is 12.1 Å². The topological polar surface area (TPSA) is 90.5 Å². The Kier molecular flexibility index (Phi) is 8.38. The molecule has 1 aliphatic rings. The summed E-state index contributed by atoms with van der Waals surface area (Å²) >= 11 is 1.63. The van der Waals surface area contributed by atoms with Crippen molar-refractivity contribution in [2.45, 2.75) is 24.0 Å². The zero-order chi connectivity index (χ0) is 26.5. The number of carbonyl (C=O) groups is 3. The smallest absolute Gasteiger partial charge is 0.323 e. The lowest BCUT2D eigenvalue weighted by Gasteiger charge is -2.32. The summed E-state index contributed by atoms with van der Waals surface area (Å²) in [5, 5.41) is 2.59. The van der Waals surface area contributed by atoms with Crippen molar-refractivity contribution >= 4 is 35.3 Å². The number of hydrogen-bond donors (Lipinski definition) is 3. The number of amides is 4. The van der Waals surface area contributed by atoms with Gasteiger partial charge in [-0.05, 0) is 48.4 Å². The van der Waals surface area contributed by atoms with E-state index in [4.69, 9.17) is 0 Å². The normalized spacial score (nSPS) is 16.3. The van der Waals surface area contributed by atoms with Crippen molar-refractivity contribution in [3.8, 4) is 0 Å². The number of anilines is 1. The fourth-order valence-corrected chi connectivity index (χ4v) is 4.54. The summed E-state index contributed by atoms with van der Waals surface area (Å²) in [6.07, 6.45) is -9.07. The Morgan fingerprint density at radius 3 is 2.14 bits per heavy atom. The molecule has 7 nitrogen and oxygen atoms in total. The zero-order valence-electron chi connectivity index (χ0n) is 18.4. The molecule has 194 valence electrons. The van der Waals surface area contributed by atoms with Crippen LogP contribution in [0.5, 0.6) is 0 Å². The van der Waals surface area contributed by atoms with Gasteiger partial charge in [-0.15, -0.1) is 0 Å². The van der Waals surface area contributed by atoms with Crippen LogP contribution in [-0.4, -0.2) is 53.0 Å². The van der Waals surface area contributed by atoms with Crippen molar-refractivity contribution < 1.29 is 40.7 Å². The summed E-state index contributed by atoms with van der Waals surface area (Å²) in [6.45, 7) is 0.833. The van der Waals surface area contributed by atoms with E-state index >= 15 is 0 Å². The maximum Gasteiger partial charge on any atom is 0.472 e. The average Bonchev–Trinajstić information content (AvgIpc) is 2.82. The SMILES string of the molecule is O=C(NNC(=O)C(F)(F)F)c1ccc(CC2CN(C(=O)Nc3ccc(C(F)(F)F)cc3)CCS2)cc1. The Labute approximate surface area is 205 Å². The van der Waals surface area contributed by atoms with E-state index in [1.54, 1.807) is 34.2 Å². The van der Waals surface area contributed by atoms with Gasteiger partial charge in [0.15, 0.2) is 0 Å². The highest BCUT2D eigenvalue weighted by Gasteiger charge is 2.39. The van der Waals surface area contributed by atoms with Gasteiger partial charge < -0.3 is 10.2 Å². The van der Waals surface area contributed by atoms with Gasteiger partial charge in [-0.2, -0.15) is 38.1 Å². The molecule has 0 saturated carbocycles. The van der Waals surface area contributed by atoms with E-state index in [1.807, 2.05) is 0 Å². The lowest BCUT2D eigenvalue weighted by atomic mass is 10.1. The van der Waals surface area contributed by atoms with Crippen LogP contribution in [0.15, 0.2) is 48.5 Å². The van der Waals surface area contributed by atoms with Gasteiger partial charge >= 0.3 is 24.3 Å². The van der Waals surface area contributed by atoms with Gasteiger partial charge in [0, 0.05) is 35.3 Å². The van der Waals surface area contributed by atoms with E-state index in [9.17, 15) is 40.7 Å². The molecule has 1 atom stereocenters. The molecule has 0 bridgehead atoms. The maximum absolute atomic E-state index is 12.7. The Morgan fingerprint density at radius 1 is 0.917 bits per heavy atom. The summed E-state index contributed by atoms with van der Waals surface area (Å²) in [6, 6.07) is 9.72. The van der Waals surface area contributed by atoms with Gasteiger partial charge in [0.2, 0.25) is 0 Å². The van der Waals surface area contributed by atoms with Crippen LogP contribution in [0.25, 0.3) is 0 Å². The average molecular weight is 534 g/mol. The zero-order valence-corrected chi connectivity index (χ0v) is 19.2. The number of hydrazine groups is 1. The molecule has 1 aliphatic heterocycles. The summed E-state index contributed by atoms with van der Waals surface area (Å²) in [4.78, 5) is 36.8. The number of hydrogen-bond acceptors (Lipinski definition) is 4. The van der Waals surface area contributed by atoms with Gasteiger partial charge in [0.1, 0.15) is 0 Å². The lowest BCUT2D eigenvalue weighted by molar-refractivity contribution is -0.174. The van der Waals surface area contributed by atoms with Crippen molar-refractivity contribution in [1.29, 1.82) is 0 Å². The second-order valence-electron chi connectivity index (χ2n) is 7.75. The summed E-state index contributed by atoms with van der Waals surface area (Å²) in [7, 11) is 0. The van der Waals surface area contributed by atoms with Crippen LogP contribution in [0, 0.1) is 0 Å². The van der Waals surface area contributed by atoms with E-state index in [0.29, 0.717) is 25.3 Å². The highest BCUT2D eigenvalue weighted by atomic mass is 32.2. The molecule has 3 rings (SSSR count). The molecule has 0 aromatic heterocycles. The van der Waals surface area contributed by atoms with Crippen molar-refractivity contribution in [2.24, 2.45) is 0 Å². The minimum absolute atomic E-state index is 0.00264. The van der Waals surface area contributed by atoms with Crippen LogP contribution in [0.4, 0.5) is 36.8 Å². The number of alkyl halides is 6. The number of rotatable bonds is 4. The number of benzene rings is 2. The fraction of sp³-hybridized carbons (Fsp3) is 0.318. The van der Waals surface area contributed by atoms with Gasteiger partial charge in [-0.3, -0.25) is 20.4 Å². The Hall–Kier alpha value is -3.42. The highest BCUT2D eigenvalue weighted by molar-refractivity contribution is 8.00. The first-order valence-corrected chi connectivity index (χ1v) is 11.5. The molecule has 2 aromatic rings. The molecule has 0 aliphatic carbocycles. The molecule has 0 spiro atoms. The first-order chi connectivity index (χ1) is 16.8. The van der Waals surface area contributed by atoms with Crippen LogP contribution in [-0.2, 0) is 17.4 Å². The molecule has 1 fully saturated rings. The predicted molar refractivity (Wildman–Crippen MR) is 120 cm³/mol. The van der Waals surface area contributed by atoms with Gasteiger partial charge in [-0.25, -0.2) is 4.79 Å². The summed E-state index contributed by atoms with van der Waals surface area (Å²) in [5.74, 6) is -2.57. The molecular weight excluding hydrogens is 514 g/mol. The number of nitrogens with zero attached hydrogens (tertiary/aromatic N) is 1. The molecule has 14 heteroatoms. The third-order valence-corrected chi connectivity index (χ3v) is 6.32. The van der Waals surface area contributed by atoms with E-state index in [0.717, 1.165) is 17.7 Å². The molecule has 0 radical (unpaired) electrons. The molecule has 36 heavy (non-hydrogen) atoms. The number of thioether (sulfide) groups is 1. The number of halogens is 6. The van der Waals surface area contributed by atoms with Crippen LogP contribution >= 0.6 is 11.8 Å². The number of urea groups is 1. The monoisotopic (exact) mass is 534 g/mol. The first kappa shape index (κ1) is 27.2. The van der Waals surface area contributed by atoms with E-state index in [2.05, 4.69) is 5.32 Å². The minimum Gasteiger partial charge on any atom is -0.323 e. The molecule has 4 amide bonds. The third kappa shape index (κ3) is 7.54. The molecule has 2 aromatic carbocycles. The maximum atomic E-state index is 12.7. The fourth-order valence-electron chi connectivity index (χ4n) is 3.28. The summed E-state index contributed by atoms with van der Waals surface area (Å²) in [5.41, 5.74) is 3.24. The van der Waals surface area contributed by atoms with E-state index < -0.39 is 35.8 Å². The largest absolute Gasteiger partial charge is 0.472 e. The van der Waals surface area contributed by atoms with Crippen LogP contribution in [0.1, 0.15) is 21.5 Å². The molecule has 1 heterocycles. The van der Waals surface area contributed by atoms with E-state index in [1.165, 1.54) is 29.7 Å². The van der Waals surface area contributed by atoms with Crippen molar-refractivity contribution in [1.82, 2.24) is 15.8 Å². The molecule has 3 N–H and O–H groups in total. The van der Waals surface area contributed by atoms with Gasteiger partial charge in [0.25, 0.3) is 5.91 Å². The molecule has 1 unspecified atom stereocenters. The number of carbonyl (C=O) groups excluding carboxylic acids is 3. The molecule has 1 saturated heterocycles. The van der Waals surface area contributed by atoms with Gasteiger partial charge in [0.05, 0.1) is 5.56 Å². The molecular formula is C22H20F6N4O3S. The quantitative estimate of drug-likeness (QED) is 0.405. The third-order valence-electron chi connectivity index (χ3n) is 5.12. The summed E-state index contributed by atoms with van der Waals surface area (Å²) < 4.78 is 74.6. The second-order valence-corrected chi connectivity index (χ2v) is 9.16. The number of nitrogens with one attached hydrogen (secondary N) is 3. The van der Waals surface area contributed by atoms with Crippen molar-refractivity contribution in [2.75, 3.05) is 24.2 Å². The Morgan fingerprint density at radius 2 is 1.56 bits per heavy atom. The minimum atomic E-state index is -5.13. The van der Waals surface area contributed by atoms with Crippen LogP contribution < -0.4 is 16.2 Å². The van der Waals surface area contributed by atoms with Crippen molar-refractivity contribution in [3.05, 3.63) is 65.2 Å². The van der Waals surface area contributed by atoms with E-state index in [-0.39, 0.29) is 16.5 Å². The Balaban J connectivity index is 1.51. The predicted octanol–water partition coefficient (Wildman–Crippen LogP) is 4.22.